The predicted octanol–water partition coefficient (Wildman–Crippen LogP) is 1.28. The van der Waals surface area contributed by atoms with E-state index in [1.54, 1.807) is 0 Å². The van der Waals surface area contributed by atoms with Crippen LogP contribution in [0.1, 0.15) is 33.0 Å². The molecule has 1 aromatic heterocycles. The van der Waals surface area contributed by atoms with Crippen molar-refractivity contribution in [2.75, 3.05) is 19.6 Å². The first-order chi connectivity index (χ1) is 8.05. The lowest BCUT2D eigenvalue weighted by molar-refractivity contribution is 0.188. The van der Waals surface area contributed by atoms with E-state index in [0.717, 1.165) is 32.0 Å². The molecular formula is C12H22N4O. The maximum atomic E-state index is 4.78. The van der Waals surface area contributed by atoms with Crippen LogP contribution in [0.25, 0.3) is 0 Å². The zero-order chi connectivity index (χ0) is 12.3. The standard InChI is InChI=1S/C12H22N4O/c1-12(2,3)10-7-16(6-4-5-13-10)8-11-14-9-17-15-11/h9-10,13H,4-8H2,1-3H3. The van der Waals surface area contributed by atoms with Gasteiger partial charge in [0.2, 0.25) is 6.39 Å². The molecule has 0 amide bonds. The summed E-state index contributed by atoms with van der Waals surface area (Å²) in [5.41, 5.74) is 0.278. The van der Waals surface area contributed by atoms with Crippen LogP contribution in [-0.4, -0.2) is 40.7 Å². The van der Waals surface area contributed by atoms with Gasteiger partial charge in [-0.1, -0.05) is 25.9 Å². The van der Waals surface area contributed by atoms with E-state index in [0.29, 0.717) is 6.04 Å². The van der Waals surface area contributed by atoms with Gasteiger partial charge in [0.05, 0.1) is 6.54 Å². The van der Waals surface area contributed by atoms with Crippen LogP contribution in [-0.2, 0) is 6.54 Å². The second-order valence-electron chi connectivity index (χ2n) is 5.81. The molecule has 0 saturated carbocycles. The molecule has 1 unspecified atom stereocenters. The molecule has 17 heavy (non-hydrogen) atoms. The molecule has 1 N–H and O–H groups in total. The molecule has 0 aromatic carbocycles. The van der Waals surface area contributed by atoms with Crippen molar-refractivity contribution in [1.29, 1.82) is 0 Å². The first kappa shape index (κ1) is 12.5. The van der Waals surface area contributed by atoms with Crippen molar-refractivity contribution >= 4 is 0 Å². The van der Waals surface area contributed by atoms with Crippen molar-refractivity contribution in [3.63, 3.8) is 0 Å². The number of aromatic nitrogens is 2. The van der Waals surface area contributed by atoms with E-state index in [9.17, 15) is 0 Å². The van der Waals surface area contributed by atoms with Crippen molar-refractivity contribution in [3.05, 3.63) is 12.2 Å². The molecule has 1 fully saturated rings. The van der Waals surface area contributed by atoms with Gasteiger partial charge in [-0.25, -0.2) is 0 Å². The van der Waals surface area contributed by atoms with E-state index < -0.39 is 0 Å². The minimum absolute atomic E-state index is 0.278. The van der Waals surface area contributed by atoms with Gasteiger partial charge in [0.15, 0.2) is 5.82 Å². The Labute approximate surface area is 103 Å². The van der Waals surface area contributed by atoms with E-state index in [1.165, 1.54) is 12.8 Å². The summed E-state index contributed by atoms with van der Waals surface area (Å²) in [7, 11) is 0. The van der Waals surface area contributed by atoms with Crippen molar-refractivity contribution in [3.8, 4) is 0 Å². The lowest BCUT2D eigenvalue weighted by Gasteiger charge is -2.33. The van der Waals surface area contributed by atoms with Gasteiger partial charge in [-0.15, -0.1) is 0 Å². The van der Waals surface area contributed by atoms with Crippen molar-refractivity contribution in [2.45, 2.75) is 39.8 Å². The number of nitrogens with one attached hydrogen (secondary N) is 1. The summed E-state index contributed by atoms with van der Waals surface area (Å²) in [6, 6.07) is 0.511. The van der Waals surface area contributed by atoms with Gasteiger partial charge in [0, 0.05) is 12.6 Å². The first-order valence-electron chi connectivity index (χ1n) is 6.27. The summed E-state index contributed by atoms with van der Waals surface area (Å²) >= 11 is 0. The maximum absolute atomic E-state index is 4.78. The molecule has 96 valence electrons. The Morgan fingerprint density at radius 2 is 2.35 bits per heavy atom. The summed E-state index contributed by atoms with van der Waals surface area (Å²) in [4.78, 5) is 6.49. The molecule has 1 aliphatic heterocycles. The number of rotatable bonds is 2. The lowest BCUT2D eigenvalue weighted by Crippen LogP contribution is -2.46. The fourth-order valence-corrected chi connectivity index (χ4v) is 2.18. The minimum atomic E-state index is 0.278. The van der Waals surface area contributed by atoms with Crippen molar-refractivity contribution in [2.24, 2.45) is 5.41 Å². The number of hydrogen-bond donors (Lipinski definition) is 1. The van der Waals surface area contributed by atoms with Crippen molar-refractivity contribution < 1.29 is 4.52 Å². The number of hydrogen-bond acceptors (Lipinski definition) is 5. The summed E-state index contributed by atoms with van der Waals surface area (Å²) in [5, 5.41) is 7.51. The average Bonchev–Trinajstić information content (AvgIpc) is 2.61. The van der Waals surface area contributed by atoms with Gasteiger partial charge in [0.1, 0.15) is 0 Å². The highest BCUT2D eigenvalue weighted by Gasteiger charge is 2.28. The fraction of sp³-hybridized carbons (Fsp3) is 0.833. The predicted molar refractivity (Wildman–Crippen MR) is 65.4 cm³/mol. The Bertz CT molecular complexity index is 331. The highest BCUT2D eigenvalue weighted by Crippen LogP contribution is 2.22. The van der Waals surface area contributed by atoms with Gasteiger partial charge in [0.25, 0.3) is 0 Å². The molecule has 1 aliphatic rings. The normalized spacial score (nSPS) is 23.6. The molecule has 5 heteroatoms. The van der Waals surface area contributed by atoms with Crippen LogP contribution in [0.15, 0.2) is 10.9 Å². The summed E-state index contributed by atoms with van der Waals surface area (Å²) in [6.07, 6.45) is 2.57. The van der Waals surface area contributed by atoms with Crippen LogP contribution in [0.3, 0.4) is 0 Å². The summed E-state index contributed by atoms with van der Waals surface area (Å²) < 4.78 is 4.78. The van der Waals surface area contributed by atoms with Crippen LogP contribution in [0.4, 0.5) is 0 Å². The first-order valence-corrected chi connectivity index (χ1v) is 6.27. The Balaban J connectivity index is 1.97. The molecule has 0 aliphatic carbocycles. The zero-order valence-electron chi connectivity index (χ0n) is 10.9. The van der Waals surface area contributed by atoms with E-state index in [4.69, 9.17) is 4.52 Å². The third kappa shape index (κ3) is 3.51. The third-order valence-electron chi connectivity index (χ3n) is 3.30. The molecule has 1 atom stereocenters. The summed E-state index contributed by atoms with van der Waals surface area (Å²) in [5.74, 6) is 0.777. The van der Waals surface area contributed by atoms with Crippen molar-refractivity contribution in [1.82, 2.24) is 20.4 Å². The molecule has 2 heterocycles. The lowest BCUT2D eigenvalue weighted by atomic mass is 9.86. The van der Waals surface area contributed by atoms with Gasteiger partial charge >= 0.3 is 0 Å². The Morgan fingerprint density at radius 3 is 3.00 bits per heavy atom. The van der Waals surface area contributed by atoms with Gasteiger partial charge < -0.3 is 9.84 Å². The van der Waals surface area contributed by atoms with E-state index in [-0.39, 0.29) is 5.41 Å². The van der Waals surface area contributed by atoms with Gasteiger partial charge in [-0.3, -0.25) is 4.90 Å². The van der Waals surface area contributed by atoms with Gasteiger partial charge in [-0.2, -0.15) is 4.98 Å². The Kier molecular flexibility index (Phi) is 3.79. The molecule has 5 nitrogen and oxygen atoms in total. The Hall–Kier alpha value is -0.940. The van der Waals surface area contributed by atoms with Gasteiger partial charge in [-0.05, 0) is 24.9 Å². The third-order valence-corrected chi connectivity index (χ3v) is 3.30. The Morgan fingerprint density at radius 1 is 1.53 bits per heavy atom. The smallest absolute Gasteiger partial charge is 0.213 e. The second-order valence-corrected chi connectivity index (χ2v) is 5.81. The van der Waals surface area contributed by atoms with Crippen LogP contribution in [0.2, 0.25) is 0 Å². The zero-order valence-corrected chi connectivity index (χ0v) is 10.9. The molecular weight excluding hydrogens is 216 g/mol. The van der Waals surface area contributed by atoms with Crippen LogP contribution in [0.5, 0.6) is 0 Å². The molecule has 1 aromatic rings. The highest BCUT2D eigenvalue weighted by molar-refractivity contribution is 4.88. The molecule has 1 saturated heterocycles. The molecule has 0 spiro atoms. The fourth-order valence-electron chi connectivity index (χ4n) is 2.18. The molecule has 0 bridgehead atoms. The largest absolute Gasteiger partial charge is 0.343 e. The minimum Gasteiger partial charge on any atom is -0.343 e. The quantitative estimate of drug-likeness (QED) is 0.841. The van der Waals surface area contributed by atoms with E-state index in [2.05, 4.69) is 41.1 Å². The topological polar surface area (TPSA) is 54.2 Å². The average molecular weight is 238 g/mol. The van der Waals surface area contributed by atoms with E-state index >= 15 is 0 Å². The molecule has 0 radical (unpaired) electrons. The monoisotopic (exact) mass is 238 g/mol. The highest BCUT2D eigenvalue weighted by atomic mass is 16.5. The van der Waals surface area contributed by atoms with Crippen LogP contribution in [0, 0.1) is 5.41 Å². The van der Waals surface area contributed by atoms with Crippen LogP contribution < -0.4 is 5.32 Å². The van der Waals surface area contributed by atoms with E-state index in [1.807, 2.05) is 0 Å². The summed E-state index contributed by atoms with van der Waals surface area (Å²) in [6.45, 7) is 10.8. The SMILES string of the molecule is CC(C)(C)C1CN(Cc2ncon2)CCCN1. The van der Waals surface area contributed by atoms with Crippen LogP contribution >= 0.6 is 0 Å². The maximum Gasteiger partial charge on any atom is 0.213 e. The molecule has 2 rings (SSSR count). The number of nitrogens with zero attached hydrogens (tertiary/aromatic N) is 3. The second kappa shape index (κ2) is 5.14.